The minimum Gasteiger partial charge on any atom is -0.495 e. The summed E-state index contributed by atoms with van der Waals surface area (Å²) in [5.74, 6) is 1.28. The molecule has 7 aromatic rings. The lowest BCUT2D eigenvalue weighted by Gasteiger charge is -2.26. The highest BCUT2D eigenvalue weighted by molar-refractivity contribution is 7.99. The number of fused-ring (bicyclic) bond motifs is 2. The first-order valence-electron chi connectivity index (χ1n) is 21.8. The van der Waals surface area contributed by atoms with E-state index in [-0.39, 0.29) is 71.8 Å². The van der Waals surface area contributed by atoms with Crippen LogP contribution in [0.3, 0.4) is 0 Å². The number of ether oxygens (including phenoxy) is 4. The van der Waals surface area contributed by atoms with Crippen LogP contribution in [0.15, 0.2) is 73.7 Å². The summed E-state index contributed by atoms with van der Waals surface area (Å²) in [6.45, 7) is 10.4. The van der Waals surface area contributed by atoms with E-state index in [1.165, 1.54) is 45.2 Å². The number of methoxy groups -OCH3 is 4. The van der Waals surface area contributed by atoms with Crippen molar-refractivity contribution in [3.05, 3.63) is 48.5 Å². The summed E-state index contributed by atoms with van der Waals surface area (Å²) in [4.78, 5) is 26.5. The molecule has 29 heteroatoms. The van der Waals surface area contributed by atoms with Gasteiger partial charge in [-0.3, -0.25) is 20.0 Å². The van der Waals surface area contributed by atoms with E-state index in [0.29, 0.717) is 65.9 Å². The minimum absolute atomic E-state index is 0.0404. The van der Waals surface area contributed by atoms with Crippen molar-refractivity contribution in [2.45, 2.75) is 42.6 Å². The van der Waals surface area contributed by atoms with Crippen LogP contribution in [-0.2, 0) is 20.2 Å². The number of rotatable bonds is 24. The molecule has 0 aliphatic heterocycles. The van der Waals surface area contributed by atoms with Crippen molar-refractivity contribution in [1.29, 1.82) is 0 Å². The van der Waals surface area contributed by atoms with Crippen LogP contribution in [-0.4, -0.2) is 123 Å². The summed E-state index contributed by atoms with van der Waals surface area (Å²) in [6.07, 6.45) is 0. The number of thiazole rings is 2. The summed E-state index contributed by atoms with van der Waals surface area (Å²) in [5.41, 5.74) is 9.69. The van der Waals surface area contributed by atoms with Gasteiger partial charge in [0.25, 0.3) is 20.2 Å². The third kappa shape index (κ3) is 11.7. The number of aromatic nitrogens is 5. The molecule has 4 aromatic carbocycles. The molecule has 0 fully saturated rings. The maximum absolute atomic E-state index is 12.4. The second kappa shape index (κ2) is 22.9. The fraction of sp³-hybridized carbons (Fsp3) is 0.326. The number of azo groups is 1. The number of aliphatic hydroxyl groups excluding tert-OH is 1. The Hall–Kier alpha value is -6.60. The zero-order chi connectivity index (χ0) is 51.9. The fourth-order valence-electron chi connectivity index (χ4n) is 7.39. The first-order valence-corrected chi connectivity index (χ1v) is 27.3. The molecule has 3 aromatic heterocycles. The lowest BCUT2D eigenvalue weighted by molar-refractivity contribution is 0.322. The number of benzene rings is 4. The zero-order valence-electron chi connectivity index (χ0n) is 40.0. The predicted octanol–water partition coefficient (Wildman–Crippen LogP) is 8.74. The van der Waals surface area contributed by atoms with Gasteiger partial charge in [-0.2, -0.15) is 31.8 Å². The first-order chi connectivity index (χ1) is 34.5. The average molecular weight is 1090 g/mol. The highest BCUT2D eigenvalue weighted by Gasteiger charge is 2.26. The van der Waals surface area contributed by atoms with Crippen molar-refractivity contribution < 1.29 is 50.0 Å². The van der Waals surface area contributed by atoms with Gasteiger partial charge in [0.15, 0.2) is 14.9 Å². The molecule has 0 radical (unpaired) electrons. The Morgan fingerprint density at radius 1 is 0.611 bits per heavy atom. The Kier molecular flexibility index (Phi) is 16.9. The number of thioether (sulfide) groups is 1. The molecule has 384 valence electrons. The molecule has 0 spiro atoms. The van der Waals surface area contributed by atoms with Crippen LogP contribution >= 0.6 is 34.4 Å². The Balaban J connectivity index is 1.31. The standard InChI is InChI=1S/C43H51N13O11S5/c1-9-55(10-2)29-19-25(27(21-33(29)66-7)51-53-42-46-23-13-15-31(64-5)37(35(23)69-42)71(58,59)60)44-39-48-40(50-41(49-39)68-18-17-57)45-26-20-30(56(11-3)12-4)34(67-8)22-28(26)52-54-43-47-24-14-16-32(65-6)38(36(24)70-43)72(61,62)63/h13-16,19-22,51,57H,9-12,17-18H2,1-8H3,(H,46,53)(H,58,59,60)(H,61,62,63)(H2,44,45,48,49,50). The predicted molar refractivity (Wildman–Crippen MR) is 281 cm³/mol. The Bertz CT molecular complexity index is 3350. The molecule has 0 aliphatic rings. The zero-order valence-corrected chi connectivity index (χ0v) is 44.1. The fourth-order valence-corrected chi connectivity index (χ4v) is 12.0. The van der Waals surface area contributed by atoms with Gasteiger partial charge < -0.3 is 44.5 Å². The molecule has 7 rings (SSSR count). The number of nitrogens with zero attached hydrogens (tertiary/aromatic N) is 9. The van der Waals surface area contributed by atoms with Gasteiger partial charge in [0, 0.05) is 44.1 Å². The lowest BCUT2D eigenvalue weighted by atomic mass is 10.2. The van der Waals surface area contributed by atoms with E-state index in [9.17, 15) is 31.0 Å². The van der Waals surface area contributed by atoms with Crippen LogP contribution in [0.2, 0.25) is 0 Å². The molecule has 0 bridgehead atoms. The van der Waals surface area contributed by atoms with Gasteiger partial charge in [-0.05, 0) is 64.1 Å². The lowest BCUT2D eigenvalue weighted by Crippen LogP contribution is -2.23. The van der Waals surface area contributed by atoms with Crippen LogP contribution in [0.5, 0.6) is 23.0 Å². The first kappa shape index (κ1) is 53.2. The molecule has 0 unspecified atom stereocenters. The van der Waals surface area contributed by atoms with E-state index in [2.05, 4.69) is 56.5 Å². The molecule has 72 heavy (non-hydrogen) atoms. The summed E-state index contributed by atoms with van der Waals surface area (Å²) < 4.78 is 92.3. The molecular formula is C43H51N13O11S5. The van der Waals surface area contributed by atoms with Crippen molar-refractivity contribution in [3.63, 3.8) is 0 Å². The molecule has 24 nitrogen and oxygen atoms in total. The largest absolute Gasteiger partial charge is 0.495 e. The molecular weight excluding hydrogens is 1030 g/mol. The van der Waals surface area contributed by atoms with Gasteiger partial charge in [0.1, 0.15) is 28.7 Å². The molecule has 0 aliphatic carbocycles. The topological polar surface area (TPSA) is 310 Å². The summed E-state index contributed by atoms with van der Waals surface area (Å²) >= 11 is 3.04. The van der Waals surface area contributed by atoms with Gasteiger partial charge in [-0.25, -0.2) is 9.97 Å². The van der Waals surface area contributed by atoms with E-state index in [4.69, 9.17) is 28.9 Å². The van der Waals surface area contributed by atoms with Crippen molar-refractivity contribution in [1.82, 2.24) is 24.9 Å². The Labute approximate surface area is 426 Å². The van der Waals surface area contributed by atoms with Gasteiger partial charge in [0.2, 0.25) is 22.2 Å². The van der Waals surface area contributed by atoms with Crippen LogP contribution < -0.4 is 50.2 Å². The van der Waals surface area contributed by atoms with Crippen LogP contribution in [0.25, 0.3) is 20.4 Å². The SMILES string of the molecule is CCN(CC)c1cc(Nc2nc(Nc3cc(N(CC)CC)c(OC)cc3NNc3nc4ccc(OC)c(S(=O)(=O)O)c4s3)nc(SCCO)n2)c(N=Nc2nc3ccc(OC)c(S(=O)(=O)O)c3s2)cc1OC. The molecule has 0 atom stereocenters. The average Bonchev–Trinajstić information content (AvgIpc) is 3.98. The van der Waals surface area contributed by atoms with Crippen molar-refractivity contribution in [3.8, 4) is 23.0 Å². The maximum Gasteiger partial charge on any atom is 0.299 e. The normalized spacial score (nSPS) is 11.8. The Morgan fingerprint density at radius 2 is 1.12 bits per heavy atom. The Morgan fingerprint density at radius 3 is 1.65 bits per heavy atom. The number of hydrogen-bond donors (Lipinski definition) is 7. The van der Waals surface area contributed by atoms with Crippen molar-refractivity contribution in [2.24, 2.45) is 10.2 Å². The van der Waals surface area contributed by atoms with Crippen LogP contribution in [0.4, 0.5) is 56.3 Å². The molecule has 0 saturated heterocycles. The van der Waals surface area contributed by atoms with Gasteiger partial charge in [-0.15, -0.1) is 10.2 Å². The summed E-state index contributed by atoms with van der Waals surface area (Å²) in [6, 6.07) is 13.0. The monoisotopic (exact) mass is 1090 g/mol. The van der Waals surface area contributed by atoms with Crippen LogP contribution in [0.1, 0.15) is 27.7 Å². The van der Waals surface area contributed by atoms with E-state index < -0.39 is 30.0 Å². The molecule has 0 saturated carbocycles. The van der Waals surface area contributed by atoms with E-state index in [0.717, 1.165) is 28.4 Å². The maximum atomic E-state index is 12.4. The third-order valence-corrected chi connectivity index (χ3v) is 15.6. The van der Waals surface area contributed by atoms with Gasteiger partial charge >= 0.3 is 0 Å². The van der Waals surface area contributed by atoms with E-state index >= 15 is 0 Å². The number of aliphatic hydroxyl groups is 1. The third-order valence-electron chi connectivity index (χ3n) is 10.7. The molecule has 0 amide bonds. The highest BCUT2D eigenvalue weighted by atomic mass is 32.2. The van der Waals surface area contributed by atoms with Gasteiger partial charge in [0.05, 0.1) is 83.9 Å². The summed E-state index contributed by atoms with van der Waals surface area (Å²) in [5, 5.41) is 25.9. The van der Waals surface area contributed by atoms with E-state index in [1.54, 1.807) is 31.4 Å². The van der Waals surface area contributed by atoms with Crippen molar-refractivity contribution in [2.75, 3.05) is 98.3 Å². The van der Waals surface area contributed by atoms with Crippen LogP contribution in [0, 0.1) is 0 Å². The molecule has 7 N–H and O–H groups in total. The number of hydrazine groups is 1. The second-order valence-electron chi connectivity index (χ2n) is 14.8. The van der Waals surface area contributed by atoms with E-state index in [1.807, 2.05) is 39.8 Å². The smallest absolute Gasteiger partial charge is 0.299 e. The minimum atomic E-state index is -4.71. The number of hydrogen-bond acceptors (Lipinski definition) is 25. The molecule has 3 heterocycles. The second-order valence-corrected chi connectivity index (χ2v) is 20.6. The van der Waals surface area contributed by atoms with Crippen molar-refractivity contribution >= 4 is 131 Å². The number of anilines is 8. The quantitative estimate of drug-likeness (QED) is 0.0129. The van der Waals surface area contributed by atoms with Gasteiger partial charge in [-0.1, -0.05) is 34.4 Å². The highest BCUT2D eigenvalue weighted by Crippen LogP contribution is 2.44. The summed E-state index contributed by atoms with van der Waals surface area (Å²) in [7, 11) is -3.73. The number of nitrogens with one attached hydrogen (secondary N) is 4.